The second-order valence-electron chi connectivity index (χ2n) is 4.24. The summed E-state index contributed by atoms with van der Waals surface area (Å²) in [6.07, 6.45) is 7.03. The van der Waals surface area contributed by atoms with Crippen molar-refractivity contribution >= 4 is 39.4 Å². The van der Waals surface area contributed by atoms with Gasteiger partial charge in [0.05, 0.1) is 0 Å². The third kappa shape index (κ3) is 3.48. The van der Waals surface area contributed by atoms with Crippen molar-refractivity contribution in [1.29, 1.82) is 0 Å². The zero-order valence-corrected chi connectivity index (χ0v) is 12.0. The second kappa shape index (κ2) is 6.39. The predicted octanol–water partition coefficient (Wildman–Crippen LogP) is 2.87. The highest BCUT2D eigenvalue weighted by Gasteiger charge is 2.28. The summed E-state index contributed by atoms with van der Waals surface area (Å²) >= 11 is 3.19. The third-order valence-corrected chi connectivity index (χ3v) is 3.32. The zero-order valence-electron chi connectivity index (χ0n) is 10.5. The van der Waals surface area contributed by atoms with E-state index in [1.807, 2.05) is 30.3 Å². The van der Waals surface area contributed by atoms with E-state index >= 15 is 0 Å². The standard InChI is InChI=1S/C16H11BrO3/c17-12-7-9-15(19)16(20)13(10-12)14(18)8-6-11-4-2-1-3-5-11/h1-10,13H/b8-6+. The first-order valence-electron chi connectivity index (χ1n) is 5.98. The normalized spacial score (nSPS) is 19.1. The molecular weight excluding hydrogens is 320 g/mol. The maximum Gasteiger partial charge on any atom is 0.222 e. The molecule has 2 rings (SSSR count). The molecule has 1 aromatic rings. The highest BCUT2D eigenvalue weighted by molar-refractivity contribution is 9.11. The second-order valence-corrected chi connectivity index (χ2v) is 5.15. The molecule has 0 amide bonds. The Morgan fingerprint density at radius 2 is 1.80 bits per heavy atom. The number of allylic oxidation sites excluding steroid dienone is 5. The molecule has 4 heteroatoms. The molecule has 1 aromatic carbocycles. The number of hydrogen-bond donors (Lipinski definition) is 0. The Balaban J connectivity index is 2.20. The average molecular weight is 331 g/mol. The van der Waals surface area contributed by atoms with Crippen LogP contribution in [0.5, 0.6) is 0 Å². The topological polar surface area (TPSA) is 51.2 Å². The Kier molecular flexibility index (Phi) is 4.58. The van der Waals surface area contributed by atoms with E-state index in [1.165, 1.54) is 18.2 Å². The summed E-state index contributed by atoms with van der Waals surface area (Å²) in [7, 11) is 0. The molecular formula is C16H11BrO3. The van der Waals surface area contributed by atoms with Gasteiger partial charge in [0, 0.05) is 4.48 Å². The van der Waals surface area contributed by atoms with Gasteiger partial charge in [0.1, 0.15) is 5.92 Å². The average Bonchev–Trinajstić information content (AvgIpc) is 2.59. The molecule has 0 saturated carbocycles. The third-order valence-electron chi connectivity index (χ3n) is 2.79. The molecule has 0 spiro atoms. The number of hydrogen-bond acceptors (Lipinski definition) is 3. The molecule has 0 saturated heterocycles. The van der Waals surface area contributed by atoms with Gasteiger partial charge in [-0.15, -0.1) is 0 Å². The fourth-order valence-corrected chi connectivity index (χ4v) is 2.14. The first-order valence-corrected chi connectivity index (χ1v) is 6.78. The van der Waals surface area contributed by atoms with E-state index in [1.54, 1.807) is 6.08 Å². The van der Waals surface area contributed by atoms with Gasteiger partial charge in [-0.1, -0.05) is 58.4 Å². The lowest BCUT2D eigenvalue weighted by atomic mass is 9.96. The number of ketones is 3. The van der Waals surface area contributed by atoms with E-state index < -0.39 is 23.3 Å². The van der Waals surface area contributed by atoms with Crippen LogP contribution in [0.15, 0.2) is 59.1 Å². The minimum atomic E-state index is -1.06. The van der Waals surface area contributed by atoms with Gasteiger partial charge < -0.3 is 0 Å². The lowest BCUT2D eigenvalue weighted by Gasteiger charge is -2.04. The fourth-order valence-electron chi connectivity index (χ4n) is 1.74. The summed E-state index contributed by atoms with van der Waals surface area (Å²) < 4.78 is 0.545. The van der Waals surface area contributed by atoms with E-state index in [-0.39, 0.29) is 0 Å². The fraction of sp³-hybridized carbons (Fsp3) is 0.0625. The Morgan fingerprint density at radius 1 is 1.10 bits per heavy atom. The summed E-state index contributed by atoms with van der Waals surface area (Å²) in [4.78, 5) is 35.4. The highest BCUT2D eigenvalue weighted by atomic mass is 79.9. The predicted molar refractivity (Wildman–Crippen MR) is 80.1 cm³/mol. The molecule has 1 aliphatic rings. The molecule has 1 aliphatic carbocycles. The molecule has 0 heterocycles. The summed E-state index contributed by atoms with van der Waals surface area (Å²) in [6, 6.07) is 9.27. The summed E-state index contributed by atoms with van der Waals surface area (Å²) in [5.74, 6) is -2.85. The quantitative estimate of drug-likeness (QED) is 0.486. The lowest BCUT2D eigenvalue weighted by Crippen LogP contribution is -2.26. The number of benzene rings is 1. The minimum Gasteiger partial charge on any atom is -0.294 e. The number of carbonyl (C=O) groups excluding carboxylic acids is 3. The zero-order chi connectivity index (χ0) is 14.5. The van der Waals surface area contributed by atoms with Gasteiger partial charge in [-0.05, 0) is 23.8 Å². The first kappa shape index (κ1) is 14.3. The van der Waals surface area contributed by atoms with Crippen molar-refractivity contribution in [3.63, 3.8) is 0 Å². The van der Waals surface area contributed by atoms with E-state index in [0.29, 0.717) is 4.48 Å². The van der Waals surface area contributed by atoms with E-state index in [9.17, 15) is 14.4 Å². The molecule has 0 aromatic heterocycles. The number of rotatable bonds is 3. The van der Waals surface area contributed by atoms with Gasteiger partial charge in [-0.25, -0.2) is 0 Å². The highest BCUT2D eigenvalue weighted by Crippen LogP contribution is 2.18. The van der Waals surface area contributed by atoms with Crippen LogP contribution in [-0.2, 0) is 14.4 Å². The molecule has 0 aliphatic heterocycles. The minimum absolute atomic E-state index is 0.409. The Labute approximate surface area is 124 Å². The van der Waals surface area contributed by atoms with Crippen molar-refractivity contribution in [1.82, 2.24) is 0 Å². The van der Waals surface area contributed by atoms with Crippen molar-refractivity contribution in [2.24, 2.45) is 5.92 Å². The molecule has 0 N–H and O–H groups in total. The van der Waals surface area contributed by atoms with Gasteiger partial charge in [0.25, 0.3) is 0 Å². The molecule has 0 fully saturated rings. The monoisotopic (exact) mass is 330 g/mol. The largest absolute Gasteiger partial charge is 0.294 e. The molecule has 0 bridgehead atoms. The number of carbonyl (C=O) groups is 3. The lowest BCUT2D eigenvalue weighted by molar-refractivity contribution is -0.138. The molecule has 3 nitrogen and oxygen atoms in total. The van der Waals surface area contributed by atoms with Crippen LogP contribution in [0.3, 0.4) is 0 Å². The molecule has 1 unspecified atom stereocenters. The first-order chi connectivity index (χ1) is 9.58. The van der Waals surface area contributed by atoms with Crippen molar-refractivity contribution in [2.45, 2.75) is 0 Å². The smallest absolute Gasteiger partial charge is 0.222 e. The maximum absolute atomic E-state index is 12.1. The molecule has 100 valence electrons. The molecule has 0 radical (unpaired) electrons. The van der Waals surface area contributed by atoms with Crippen molar-refractivity contribution in [3.8, 4) is 0 Å². The SMILES string of the molecule is O=C1C=CC(Br)=CC(C(=O)/C=C/c2ccccc2)C1=O. The van der Waals surface area contributed by atoms with Crippen molar-refractivity contribution < 1.29 is 14.4 Å². The summed E-state index contributed by atoms with van der Waals surface area (Å²) in [5, 5.41) is 0. The maximum atomic E-state index is 12.1. The van der Waals surface area contributed by atoms with Crippen LogP contribution in [0.25, 0.3) is 6.08 Å². The van der Waals surface area contributed by atoms with E-state index in [4.69, 9.17) is 0 Å². The van der Waals surface area contributed by atoms with Crippen molar-refractivity contribution in [3.05, 3.63) is 64.7 Å². The van der Waals surface area contributed by atoms with Gasteiger partial charge in [0.2, 0.25) is 11.6 Å². The van der Waals surface area contributed by atoms with Crippen molar-refractivity contribution in [2.75, 3.05) is 0 Å². The van der Waals surface area contributed by atoms with Gasteiger partial charge in [0.15, 0.2) is 5.78 Å². The summed E-state index contributed by atoms with van der Waals surface area (Å²) in [5.41, 5.74) is 0.856. The Bertz CT molecular complexity index is 639. The Hall–Kier alpha value is -2.07. The van der Waals surface area contributed by atoms with Crippen LogP contribution < -0.4 is 0 Å². The van der Waals surface area contributed by atoms with Crippen LogP contribution in [-0.4, -0.2) is 17.3 Å². The Morgan fingerprint density at radius 3 is 2.50 bits per heavy atom. The van der Waals surface area contributed by atoms with Crippen LogP contribution in [0.4, 0.5) is 0 Å². The van der Waals surface area contributed by atoms with Gasteiger partial charge in [-0.2, -0.15) is 0 Å². The molecule has 20 heavy (non-hydrogen) atoms. The van der Waals surface area contributed by atoms with Crippen LogP contribution in [0.1, 0.15) is 5.56 Å². The number of halogens is 1. The van der Waals surface area contributed by atoms with Crippen LogP contribution in [0.2, 0.25) is 0 Å². The van der Waals surface area contributed by atoms with Gasteiger partial charge >= 0.3 is 0 Å². The van der Waals surface area contributed by atoms with Gasteiger partial charge in [-0.3, -0.25) is 14.4 Å². The molecule has 1 atom stereocenters. The number of Topliss-reactive ketones (excluding diaryl/α,β-unsaturated/α-hetero) is 1. The van der Waals surface area contributed by atoms with Crippen LogP contribution >= 0.6 is 15.9 Å². The van der Waals surface area contributed by atoms with E-state index in [0.717, 1.165) is 11.6 Å². The van der Waals surface area contributed by atoms with Crippen LogP contribution in [0, 0.1) is 5.92 Å². The summed E-state index contributed by atoms with van der Waals surface area (Å²) in [6.45, 7) is 0. The van der Waals surface area contributed by atoms with E-state index in [2.05, 4.69) is 15.9 Å².